The molecule has 0 aliphatic carbocycles. The molecular formula is C12H7FN2O4S. The van der Waals surface area contributed by atoms with Gasteiger partial charge in [0.25, 0.3) is 0 Å². The van der Waals surface area contributed by atoms with E-state index in [1.54, 1.807) is 0 Å². The summed E-state index contributed by atoms with van der Waals surface area (Å²) in [4.78, 5) is 25.4. The van der Waals surface area contributed by atoms with Crippen LogP contribution in [-0.4, -0.2) is 21.0 Å². The molecule has 0 saturated heterocycles. The molecular weight excluding hydrogens is 287 g/mol. The van der Waals surface area contributed by atoms with E-state index >= 15 is 0 Å². The third kappa shape index (κ3) is 3.09. The smallest absolute Gasteiger partial charge is 0.363 e. The minimum absolute atomic E-state index is 0.278. The number of pyridine rings is 1. The summed E-state index contributed by atoms with van der Waals surface area (Å²) in [6, 6.07) is 6.41. The van der Waals surface area contributed by atoms with Crippen LogP contribution in [-0.2, 0) is 0 Å². The second-order valence-corrected chi connectivity index (χ2v) is 4.81. The highest BCUT2D eigenvalue weighted by atomic mass is 32.2. The van der Waals surface area contributed by atoms with Crippen LogP contribution in [0.2, 0.25) is 0 Å². The van der Waals surface area contributed by atoms with Gasteiger partial charge in [0.2, 0.25) is 0 Å². The van der Waals surface area contributed by atoms with Crippen LogP contribution in [0.15, 0.2) is 46.3 Å². The van der Waals surface area contributed by atoms with Crippen LogP contribution in [0, 0.1) is 15.9 Å². The maximum absolute atomic E-state index is 13.2. The molecule has 0 unspecified atom stereocenters. The van der Waals surface area contributed by atoms with E-state index in [4.69, 9.17) is 5.11 Å². The number of aromatic carboxylic acids is 1. The molecule has 2 aromatic rings. The molecule has 0 fully saturated rings. The van der Waals surface area contributed by atoms with Crippen molar-refractivity contribution in [2.75, 3.05) is 0 Å². The Balaban J connectivity index is 2.23. The zero-order valence-corrected chi connectivity index (χ0v) is 10.6. The van der Waals surface area contributed by atoms with Gasteiger partial charge in [-0.1, -0.05) is 11.8 Å². The summed E-state index contributed by atoms with van der Waals surface area (Å²) in [6.45, 7) is 0. The number of carboxylic acids is 1. The van der Waals surface area contributed by atoms with Crippen molar-refractivity contribution in [3.63, 3.8) is 0 Å². The fourth-order valence-electron chi connectivity index (χ4n) is 1.41. The van der Waals surface area contributed by atoms with Gasteiger partial charge in [-0.25, -0.2) is 9.18 Å². The molecule has 0 atom stereocenters. The van der Waals surface area contributed by atoms with Gasteiger partial charge in [-0.05, 0) is 34.2 Å². The lowest BCUT2D eigenvalue weighted by molar-refractivity contribution is -0.389. The highest BCUT2D eigenvalue weighted by Gasteiger charge is 2.12. The van der Waals surface area contributed by atoms with Crippen LogP contribution < -0.4 is 0 Å². The van der Waals surface area contributed by atoms with Gasteiger partial charge in [0, 0.05) is 11.0 Å². The first-order valence-corrected chi connectivity index (χ1v) is 6.10. The van der Waals surface area contributed by atoms with E-state index in [-0.39, 0.29) is 5.82 Å². The summed E-state index contributed by atoms with van der Waals surface area (Å²) in [7, 11) is 0. The zero-order chi connectivity index (χ0) is 14.7. The molecule has 0 bridgehead atoms. The van der Waals surface area contributed by atoms with E-state index in [0.29, 0.717) is 9.79 Å². The number of rotatable bonds is 4. The van der Waals surface area contributed by atoms with Crippen molar-refractivity contribution in [2.45, 2.75) is 9.79 Å². The number of halogens is 1. The SMILES string of the molecule is O=C(O)c1cc(Sc2ccc([N+](=O)[O-])nc2)ccc1F. The first-order valence-electron chi connectivity index (χ1n) is 5.28. The number of hydrogen-bond donors (Lipinski definition) is 1. The molecule has 1 aromatic heterocycles. The lowest BCUT2D eigenvalue weighted by atomic mass is 10.2. The average molecular weight is 294 g/mol. The summed E-state index contributed by atoms with van der Waals surface area (Å²) in [6.07, 6.45) is 1.30. The Labute approximate surface area is 116 Å². The molecule has 1 N–H and O–H groups in total. The Morgan fingerprint density at radius 2 is 2.00 bits per heavy atom. The topological polar surface area (TPSA) is 93.3 Å². The first-order chi connectivity index (χ1) is 9.47. The summed E-state index contributed by atoms with van der Waals surface area (Å²) in [5.41, 5.74) is -0.426. The van der Waals surface area contributed by atoms with Crippen molar-refractivity contribution < 1.29 is 19.2 Å². The van der Waals surface area contributed by atoms with E-state index in [0.717, 1.165) is 17.8 Å². The number of carboxylic acid groups (broad SMARTS) is 1. The van der Waals surface area contributed by atoms with Crippen LogP contribution in [0.1, 0.15) is 10.4 Å². The molecule has 0 aliphatic heterocycles. The highest BCUT2D eigenvalue weighted by molar-refractivity contribution is 7.99. The molecule has 0 saturated carbocycles. The van der Waals surface area contributed by atoms with E-state index in [9.17, 15) is 19.3 Å². The molecule has 1 aromatic carbocycles. The van der Waals surface area contributed by atoms with E-state index in [2.05, 4.69) is 4.98 Å². The van der Waals surface area contributed by atoms with Gasteiger partial charge in [0.15, 0.2) is 6.20 Å². The number of nitrogens with zero attached hydrogens (tertiary/aromatic N) is 2. The maximum atomic E-state index is 13.2. The largest absolute Gasteiger partial charge is 0.478 e. The van der Waals surface area contributed by atoms with Gasteiger partial charge in [-0.2, -0.15) is 0 Å². The van der Waals surface area contributed by atoms with Crippen molar-refractivity contribution in [1.82, 2.24) is 4.98 Å². The minimum Gasteiger partial charge on any atom is -0.478 e. The normalized spacial score (nSPS) is 10.2. The Morgan fingerprint density at radius 1 is 1.30 bits per heavy atom. The van der Waals surface area contributed by atoms with Crippen LogP contribution in [0.25, 0.3) is 0 Å². The molecule has 102 valence electrons. The second-order valence-electron chi connectivity index (χ2n) is 3.66. The summed E-state index contributed by atoms with van der Waals surface area (Å²) in [5.74, 6) is -2.45. The molecule has 6 nitrogen and oxygen atoms in total. The van der Waals surface area contributed by atoms with Crippen LogP contribution in [0.5, 0.6) is 0 Å². The summed E-state index contributed by atoms with van der Waals surface area (Å²) < 4.78 is 13.2. The lowest BCUT2D eigenvalue weighted by Gasteiger charge is -2.02. The zero-order valence-electron chi connectivity index (χ0n) is 9.82. The van der Waals surface area contributed by atoms with Gasteiger partial charge in [0.05, 0.1) is 10.5 Å². The maximum Gasteiger partial charge on any atom is 0.363 e. The Kier molecular flexibility index (Phi) is 3.94. The Bertz CT molecular complexity index is 676. The average Bonchev–Trinajstić information content (AvgIpc) is 2.41. The summed E-state index contributed by atoms with van der Waals surface area (Å²) in [5, 5.41) is 19.3. The molecule has 0 spiro atoms. The number of hydrogen-bond acceptors (Lipinski definition) is 5. The standard InChI is InChI=1S/C12H7FN2O4S/c13-10-3-1-7(5-9(10)12(16)17)20-8-2-4-11(14-6-8)15(18)19/h1-6H,(H,16,17). The van der Waals surface area contributed by atoms with Gasteiger partial charge in [-0.15, -0.1) is 0 Å². The van der Waals surface area contributed by atoms with Crippen LogP contribution in [0.4, 0.5) is 10.2 Å². The van der Waals surface area contributed by atoms with E-state index in [1.807, 2.05) is 0 Å². The van der Waals surface area contributed by atoms with Crippen molar-refractivity contribution in [1.29, 1.82) is 0 Å². The molecule has 1 heterocycles. The van der Waals surface area contributed by atoms with Crippen LogP contribution >= 0.6 is 11.8 Å². The number of benzene rings is 1. The molecule has 2 rings (SSSR count). The first kappa shape index (κ1) is 13.9. The lowest BCUT2D eigenvalue weighted by Crippen LogP contribution is -2.00. The van der Waals surface area contributed by atoms with Gasteiger partial charge >= 0.3 is 11.8 Å². The van der Waals surface area contributed by atoms with E-state index < -0.39 is 22.3 Å². The van der Waals surface area contributed by atoms with Gasteiger partial charge in [-0.3, -0.25) is 0 Å². The molecule has 0 aliphatic rings. The van der Waals surface area contributed by atoms with Crippen molar-refractivity contribution in [2.24, 2.45) is 0 Å². The molecule has 8 heteroatoms. The minimum atomic E-state index is -1.35. The molecule has 0 amide bonds. The fourth-order valence-corrected chi connectivity index (χ4v) is 2.24. The molecule has 20 heavy (non-hydrogen) atoms. The number of nitro groups is 1. The van der Waals surface area contributed by atoms with Crippen molar-refractivity contribution in [3.8, 4) is 0 Å². The number of carbonyl (C=O) groups is 1. The third-order valence-corrected chi connectivity index (χ3v) is 3.28. The predicted octanol–water partition coefficient (Wildman–Crippen LogP) is 2.98. The fraction of sp³-hybridized carbons (Fsp3) is 0. The second kappa shape index (κ2) is 5.66. The third-order valence-electron chi connectivity index (χ3n) is 2.31. The van der Waals surface area contributed by atoms with E-state index in [1.165, 1.54) is 30.5 Å². The quantitative estimate of drug-likeness (QED) is 0.688. The Hall–Kier alpha value is -2.48. The van der Waals surface area contributed by atoms with Gasteiger partial charge in [0.1, 0.15) is 5.82 Å². The summed E-state index contributed by atoms with van der Waals surface area (Å²) >= 11 is 1.13. The van der Waals surface area contributed by atoms with Crippen molar-refractivity contribution >= 4 is 23.5 Å². The van der Waals surface area contributed by atoms with Gasteiger partial charge < -0.3 is 15.2 Å². The predicted molar refractivity (Wildman–Crippen MR) is 68.4 cm³/mol. The molecule has 0 radical (unpaired) electrons. The Morgan fingerprint density at radius 3 is 2.55 bits per heavy atom. The highest BCUT2D eigenvalue weighted by Crippen LogP contribution is 2.29. The number of aromatic nitrogens is 1. The van der Waals surface area contributed by atoms with Crippen molar-refractivity contribution in [3.05, 3.63) is 58.0 Å². The van der Waals surface area contributed by atoms with Crippen LogP contribution in [0.3, 0.4) is 0 Å². The monoisotopic (exact) mass is 294 g/mol.